The third kappa shape index (κ3) is 4.58. The minimum absolute atomic E-state index is 0.115. The van der Waals surface area contributed by atoms with Gasteiger partial charge < -0.3 is 9.47 Å². The molecule has 1 heterocycles. The van der Waals surface area contributed by atoms with E-state index in [4.69, 9.17) is 9.47 Å². The van der Waals surface area contributed by atoms with Gasteiger partial charge in [0.05, 0.1) is 5.57 Å². The highest BCUT2D eigenvalue weighted by atomic mass is 19.1. The van der Waals surface area contributed by atoms with Crippen LogP contribution in [0.2, 0.25) is 0 Å². The molecule has 152 valence electrons. The second kappa shape index (κ2) is 9.48. The van der Waals surface area contributed by atoms with Gasteiger partial charge >= 0.3 is 11.9 Å². The molecule has 28 heavy (non-hydrogen) atoms. The van der Waals surface area contributed by atoms with Gasteiger partial charge in [0.25, 0.3) is 0 Å². The lowest BCUT2D eigenvalue weighted by molar-refractivity contribution is -0.147. The SMILES string of the molecule is CC1=NC(C)=C(C(=O)OCCF)C(c2cc(F)ccc2F)C1C(=O)OCCF. The molecule has 5 nitrogen and oxygen atoms in total. The van der Waals surface area contributed by atoms with Crippen LogP contribution in [-0.4, -0.2) is 44.2 Å². The fraction of sp³-hybridized carbons (Fsp3) is 0.421. The van der Waals surface area contributed by atoms with Gasteiger partial charge in [0.15, 0.2) is 0 Å². The van der Waals surface area contributed by atoms with Crippen molar-refractivity contribution in [3.8, 4) is 0 Å². The van der Waals surface area contributed by atoms with E-state index < -0.39 is 62.0 Å². The van der Waals surface area contributed by atoms with Gasteiger partial charge in [-0.25, -0.2) is 22.4 Å². The van der Waals surface area contributed by atoms with Crippen LogP contribution in [-0.2, 0) is 19.1 Å². The summed E-state index contributed by atoms with van der Waals surface area (Å²) in [4.78, 5) is 29.1. The number of nitrogens with zero attached hydrogens (tertiary/aromatic N) is 1. The Morgan fingerprint density at radius 2 is 1.71 bits per heavy atom. The van der Waals surface area contributed by atoms with E-state index in [-0.39, 0.29) is 22.5 Å². The summed E-state index contributed by atoms with van der Waals surface area (Å²) in [6.07, 6.45) is 0. The van der Waals surface area contributed by atoms with E-state index in [1.54, 1.807) is 0 Å². The normalized spacial score (nSPS) is 19.3. The average Bonchev–Trinajstić information content (AvgIpc) is 2.65. The van der Waals surface area contributed by atoms with Gasteiger partial charge in [-0.2, -0.15) is 0 Å². The molecule has 2 rings (SSSR count). The van der Waals surface area contributed by atoms with Crippen LogP contribution in [0.3, 0.4) is 0 Å². The smallest absolute Gasteiger partial charge is 0.336 e. The number of alkyl halides is 2. The quantitative estimate of drug-likeness (QED) is 0.519. The fourth-order valence-electron chi connectivity index (χ4n) is 3.13. The summed E-state index contributed by atoms with van der Waals surface area (Å²) in [6, 6.07) is 2.59. The first-order valence-corrected chi connectivity index (χ1v) is 8.48. The van der Waals surface area contributed by atoms with Crippen LogP contribution in [0.25, 0.3) is 0 Å². The first-order valence-electron chi connectivity index (χ1n) is 8.48. The molecule has 0 saturated heterocycles. The number of carbonyl (C=O) groups excluding carboxylic acids is 2. The van der Waals surface area contributed by atoms with Crippen LogP contribution in [0.15, 0.2) is 34.5 Å². The van der Waals surface area contributed by atoms with E-state index in [0.29, 0.717) is 0 Å². The van der Waals surface area contributed by atoms with Gasteiger partial charge in [0.1, 0.15) is 44.1 Å². The number of halogens is 4. The highest BCUT2D eigenvalue weighted by molar-refractivity contribution is 6.07. The summed E-state index contributed by atoms with van der Waals surface area (Å²) in [5, 5.41) is 0. The van der Waals surface area contributed by atoms with Crippen molar-refractivity contribution < 1.29 is 36.6 Å². The van der Waals surface area contributed by atoms with Gasteiger partial charge in [-0.1, -0.05) is 0 Å². The summed E-state index contributed by atoms with van der Waals surface area (Å²) in [7, 11) is 0. The largest absolute Gasteiger partial charge is 0.462 e. The van der Waals surface area contributed by atoms with Gasteiger partial charge in [-0.05, 0) is 37.6 Å². The first kappa shape index (κ1) is 21.6. The maximum absolute atomic E-state index is 14.5. The lowest BCUT2D eigenvalue weighted by Gasteiger charge is -2.31. The number of benzene rings is 1. The molecule has 0 saturated carbocycles. The van der Waals surface area contributed by atoms with Crippen LogP contribution in [0.4, 0.5) is 17.6 Å². The summed E-state index contributed by atoms with van der Waals surface area (Å²) in [5.41, 5.74) is -0.213. The molecule has 2 atom stereocenters. The molecule has 0 amide bonds. The summed E-state index contributed by atoms with van der Waals surface area (Å²) in [6.45, 7) is -0.0736. The number of carbonyl (C=O) groups is 2. The summed E-state index contributed by atoms with van der Waals surface area (Å²) >= 11 is 0. The van der Waals surface area contributed by atoms with E-state index in [1.165, 1.54) is 13.8 Å². The number of aliphatic imine (C=N–C) groups is 1. The zero-order valence-electron chi connectivity index (χ0n) is 15.3. The molecule has 2 unspecified atom stereocenters. The van der Waals surface area contributed by atoms with Gasteiger partial charge in [-0.3, -0.25) is 9.79 Å². The topological polar surface area (TPSA) is 65.0 Å². The Hall–Kier alpha value is -2.71. The lowest BCUT2D eigenvalue weighted by atomic mass is 9.75. The molecule has 1 aromatic carbocycles. The van der Waals surface area contributed by atoms with Crippen LogP contribution in [0, 0.1) is 17.6 Å². The third-order valence-corrected chi connectivity index (χ3v) is 4.23. The second-order valence-electron chi connectivity index (χ2n) is 6.05. The Labute approximate surface area is 159 Å². The molecular weight excluding hydrogens is 382 g/mol. The molecule has 0 bridgehead atoms. The molecule has 1 aromatic rings. The van der Waals surface area contributed by atoms with Crippen molar-refractivity contribution in [2.24, 2.45) is 10.9 Å². The molecule has 9 heteroatoms. The van der Waals surface area contributed by atoms with E-state index in [2.05, 4.69) is 4.99 Å². The number of hydrogen-bond donors (Lipinski definition) is 0. The summed E-state index contributed by atoms with van der Waals surface area (Å²) < 4.78 is 62.8. The fourth-order valence-corrected chi connectivity index (χ4v) is 3.13. The molecule has 0 spiro atoms. The maximum atomic E-state index is 14.5. The van der Waals surface area contributed by atoms with Crippen LogP contribution in [0.1, 0.15) is 25.3 Å². The minimum Gasteiger partial charge on any atom is -0.462 e. The molecule has 0 N–H and O–H groups in total. The standard InChI is InChI=1S/C19H19F4NO4/c1-10-15(18(25)27-7-5-20)17(13-9-12(22)3-4-14(13)23)16(11(2)24-10)19(26)28-8-6-21/h3-4,9,15,17H,5-8H2,1-2H3. The Morgan fingerprint density at radius 1 is 1.07 bits per heavy atom. The molecule has 0 aromatic heterocycles. The van der Waals surface area contributed by atoms with Crippen molar-refractivity contribution >= 4 is 17.7 Å². The highest BCUT2D eigenvalue weighted by Gasteiger charge is 2.43. The van der Waals surface area contributed by atoms with Crippen molar-refractivity contribution in [1.82, 2.24) is 0 Å². The zero-order valence-corrected chi connectivity index (χ0v) is 15.3. The number of esters is 2. The Bertz CT molecular complexity index is 822. The number of hydrogen-bond acceptors (Lipinski definition) is 5. The highest BCUT2D eigenvalue weighted by Crippen LogP contribution is 2.41. The molecule has 1 aliphatic rings. The Morgan fingerprint density at radius 3 is 2.36 bits per heavy atom. The summed E-state index contributed by atoms with van der Waals surface area (Å²) in [5.74, 6) is -6.25. The van der Waals surface area contributed by atoms with Crippen LogP contribution < -0.4 is 0 Å². The van der Waals surface area contributed by atoms with Gasteiger partial charge in [-0.15, -0.1) is 0 Å². The molecule has 0 fully saturated rings. The number of ether oxygens (including phenoxy) is 2. The van der Waals surface area contributed by atoms with Crippen molar-refractivity contribution in [3.63, 3.8) is 0 Å². The zero-order chi connectivity index (χ0) is 20.8. The van der Waals surface area contributed by atoms with Crippen molar-refractivity contribution in [3.05, 3.63) is 46.7 Å². The van der Waals surface area contributed by atoms with Gasteiger partial charge in [0.2, 0.25) is 0 Å². The Kier molecular flexibility index (Phi) is 7.31. The predicted molar refractivity (Wildman–Crippen MR) is 92.3 cm³/mol. The molecule has 0 radical (unpaired) electrons. The van der Waals surface area contributed by atoms with Crippen molar-refractivity contribution in [2.45, 2.75) is 19.8 Å². The third-order valence-electron chi connectivity index (χ3n) is 4.23. The molecule has 0 aliphatic carbocycles. The maximum Gasteiger partial charge on any atom is 0.336 e. The van der Waals surface area contributed by atoms with E-state index in [0.717, 1.165) is 18.2 Å². The van der Waals surface area contributed by atoms with E-state index in [1.807, 2.05) is 0 Å². The van der Waals surface area contributed by atoms with Crippen molar-refractivity contribution in [1.29, 1.82) is 0 Å². The van der Waals surface area contributed by atoms with Crippen LogP contribution >= 0.6 is 0 Å². The average molecular weight is 401 g/mol. The predicted octanol–water partition coefficient (Wildman–Crippen LogP) is 3.44. The lowest BCUT2D eigenvalue weighted by Crippen LogP contribution is -2.37. The number of allylic oxidation sites excluding steroid dienone is 1. The monoisotopic (exact) mass is 401 g/mol. The van der Waals surface area contributed by atoms with Crippen LogP contribution in [0.5, 0.6) is 0 Å². The Balaban J connectivity index is 2.62. The first-order chi connectivity index (χ1) is 13.3. The molecule has 1 aliphatic heterocycles. The molecular formula is C19H19F4NO4. The number of rotatable bonds is 7. The van der Waals surface area contributed by atoms with Crippen molar-refractivity contribution in [2.75, 3.05) is 26.6 Å². The van der Waals surface area contributed by atoms with E-state index >= 15 is 0 Å². The van der Waals surface area contributed by atoms with Gasteiger partial charge in [0, 0.05) is 17.3 Å². The van der Waals surface area contributed by atoms with E-state index in [9.17, 15) is 27.2 Å². The minimum atomic E-state index is -1.33. The second-order valence-corrected chi connectivity index (χ2v) is 6.05.